The summed E-state index contributed by atoms with van der Waals surface area (Å²) in [6, 6.07) is 10.5. The molecule has 2 rings (SSSR count). The van der Waals surface area contributed by atoms with Gasteiger partial charge in [0, 0.05) is 23.5 Å². The minimum absolute atomic E-state index is 0.283. The lowest BCUT2D eigenvalue weighted by Gasteiger charge is -2.21. The minimum atomic E-state index is 0.283. The molecule has 1 heterocycles. The molecule has 2 aromatic rings. The van der Waals surface area contributed by atoms with Crippen molar-refractivity contribution >= 4 is 11.6 Å². The molecule has 2 nitrogen and oxygen atoms in total. The summed E-state index contributed by atoms with van der Waals surface area (Å²) in [5.74, 6) is 0. The number of hydrogen-bond donors (Lipinski definition) is 1. The topological polar surface area (TPSA) is 24.9 Å². The molecule has 1 atom stereocenters. The number of hydrogen-bond acceptors (Lipinski definition) is 2. The van der Waals surface area contributed by atoms with E-state index in [2.05, 4.69) is 42.3 Å². The molecule has 0 fully saturated rings. The minimum Gasteiger partial charge on any atom is -0.310 e. The van der Waals surface area contributed by atoms with E-state index in [1.54, 1.807) is 0 Å². The number of halogens is 1. The van der Waals surface area contributed by atoms with Crippen molar-refractivity contribution in [3.05, 3.63) is 64.4 Å². The second-order valence-electron chi connectivity index (χ2n) is 4.62. The number of rotatable bonds is 5. The highest BCUT2D eigenvalue weighted by molar-refractivity contribution is 6.31. The highest BCUT2D eigenvalue weighted by Gasteiger charge is 2.14. The average molecular weight is 275 g/mol. The molecule has 0 radical (unpaired) electrons. The zero-order chi connectivity index (χ0) is 13.7. The molecule has 100 valence electrons. The summed E-state index contributed by atoms with van der Waals surface area (Å²) < 4.78 is 0. The summed E-state index contributed by atoms with van der Waals surface area (Å²) >= 11 is 6.22. The third-order valence-corrected chi connectivity index (χ3v) is 3.73. The van der Waals surface area contributed by atoms with Gasteiger partial charge in [-0.25, -0.2) is 0 Å². The lowest BCUT2D eigenvalue weighted by Crippen LogP contribution is -2.23. The van der Waals surface area contributed by atoms with Crippen LogP contribution in [0.1, 0.15) is 29.7 Å². The van der Waals surface area contributed by atoms with Gasteiger partial charge in [0.05, 0.1) is 0 Å². The zero-order valence-corrected chi connectivity index (χ0v) is 12.1. The average Bonchev–Trinajstić information content (AvgIpc) is 2.43. The maximum absolute atomic E-state index is 6.22. The molecule has 0 aliphatic carbocycles. The van der Waals surface area contributed by atoms with E-state index in [4.69, 9.17) is 11.6 Å². The van der Waals surface area contributed by atoms with E-state index in [0.29, 0.717) is 0 Å². The number of likely N-dealkylation sites (N-methyl/N-ethyl adjacent to an activating group) is 1. The van der Waals surface area contributed by atoms with Gasteiger partial charge >= 0.3 is 0 Å². The van der Waals surface area contributed by atoms with E-state index in [-0.39, 0.29) is 6.04 Å². The van der Waals surface area contributed by atoms with Gasteiger partial charge in [-0.05, 0) is 54.8 Å². The van der Waals surface area contributed by atoms with E-state index < -0.39 is 0 Å². The van der Waals surface area contributed by atoms with E-state index in [1.807, 2.05) is 24.5 Å². The number of nitrogens with zero attached hydrogens (tertiary/aromatic N) is 1. The number of nitrogens with one attached hydrogen (secondary N) is 1. The first-order valence-electron chi connectivity index (χ1n) is 6.59. The smallest absolute Gasteiger partial charge is 0.0438 e. The summed E-state index contributed by atoms with van der Waals surface area (Å²) in [5.41, 5.74) is 3.70. The Balaban J connectivity index is 2.27. The van der Waals surface area contributed by atoms with Gasteiger partial charge in [-0.2, -0.15) is 0 Å². The Morgan fingerprint density at radius 1 is 1.21 bits per heavy atom. The fourth-order valence-electron chi connectivity index (χ4n) is 2.29. The van der Waals surface area contributed by atoms with Gasteiger partial charge in [-0.3, -0.25) is 4.98 Å². The predicted octanol–water partition coefficient (Wildman–Crippen LogP) is 3.94. The van der Waals surface area contributed by atoms with Gasteiger partial charge in [-0.15, -0.1) is 0 Å². The molecule has 1 aromatic carbocycles. The van der Waals surface area contributed by atoms with Gasteiger partial charge in [0.1, 0.15) is 0 Å². The Bertz CT molecular complexity index is 526. The van der Waals surface area contributed by atoms with Crippen LogP contribution < -0.4 is 5.32 Å². The third kappa shape index (κ3) is 3.55. The van der Waals surface area contributed by atoms with Crippen molar-refractivity contribution < 1.29 is 0 Å². The van der Waals surface area contributed by atoms with Crippen LogP contribution >= 0.6 is 11.6 Å². The van der Waals surface area contributed by atoms with Crippen LogP contribution in [-0.4, -0.2) is 11.5 Å². The predicted molar refractivity (Wildman–Crippen MR) is 80.5 cm³/mol. The molecule has 0 saturated carbocycles. The third-order valence-electron chi connectivity index (χ3n) is 3.32. The van der Waals surface area contributed by atoms with Crippen molar-refractivity contribution in [1.82, 2.24) is 10.3 Å². The van der Waals surface area contributed by atoms with Gasteiger partial charge in [0.15, 0.2) is 0 Å². The lowest BCUT2D eigenvalue weighted by atomic mass is 9.95. The first kappa shape index (κ1) is 14.0. The van der Waals surface area contributed by atoms with E-state index >= 15 is 0 Å². The maximum atomic E-state index is 6.22. The first-order chi connectivity index (χ1) is 9.22. The van der Waals surface area contributed by atoms with Crippen molar-refractivity contribution in [2.75, 3.05) is 6.54 Å². The normalized spacial score (nSPS) is 12.4. The van der Waals surface area contributed by atoms with Crippen LogP contribution in [0.25, 0.3) is 0 Å². The van der Waals surface area contributed by atoms with Crippen molar-refractivity contribution in [3.8, 4) is 0 Å². The van der Waals surface area contributed by atoms with Gasteiger partial charge in [0.25, 0.3) is 0 Å². The molecule has 0 bridgehead atoms. The Hall–Kier alpha value is -1.38. The largest absolute Gasteiger partial charge is 0.310 e. The van der Waals surface area contributed by atoms with E-state index in [9.17, 15) is 0 Å². The Kier molecular flexibility index (Phi) is 4.94. The molecule has 0 saturated heterocycles. The Labute approximate surface area is 119 Å². The summed E-state index contributed by atoms with van der Waals surface area (Å²) in [6.07, 6.45) is 4.61. The quantitative estimate of drug-likeness (QED) is 0.893. The van der Waals surface area contributed by atoms with Crippen LogP contribution in [0.5, 0.6) is 0 Å². The highest BCUT2D eigenvalue weighted by Crippen LogP contribution is 2.26. The summed E-state index contributed by atoms with van der Waals surface area (Å²) in [7, 11) is 0. The molecule has 19 heavy (non-hydrogen) atoms. The standard InChI is InChI=1S/C16H19ClN2/c1-3-19-16(11-13-7-9-18-10-8-13)14-5-4-6-15(17)12(14)2/h4-10,16,19H,3,11H2,1-2H3. The molecule has 0 amide bonds. The van der Waals surface area contributed by atoms with Gasteiger partial charge in [0.2, 0.25) is 0 Å². The molecular weight excluding hydrogens is 256 g/mol. The molecule has 1 aromatic heterocycles. The highest BCUT2D eigenvalue weighted by atomic mass is 35.5. The van der Waals surface area contributed by atoms with Crippen LogP contribution in [0, 0.1) is 6.92 Å². The second-order valence-corrected chi connectivity index (χ2v) is 5.03. The van der Waals surface area contributed by atoms with E-state index in [1.165, 1.54) is 11.1 Å². The molecule has 3 heteroatoms. The molecule has 0 spiro atoms. The summed E-state index contributed by atoms with van der Waals surface area (Å²) in [5, 5.41) is 4.37. The number of pyridine rings is 1. The molecule has 0 aliphatic heterocycles. The maximum Gasteiger partial charge on any atom is 0.0438 e. The van der Waals surface area contributed by atoms with E-state index in [0.717, 1.165) is 23.6 Å². The van der Waals surface area contributed by atoms with Crippen LogP contribution in [0.2, 0.25) is 5.02 Å². The van der Waals surface area contributed by atoms with Crippen LogP contribution in [0.15, 0.2) is 42.7 Å². The molecule has 1 N–H and O–H groups in total. The Morgan fingerprint density at radius 2 is 1.95 bits per heavy atom. The molecular formula is C16H19ClN2. The fourth-order valence-corrected chi connectivity index (χ4v) is 2.48. The number of benzene rings is 1. The fraction of sp³-hybridized carbons (Fsp3) is 0.312. The van der Waals surface area contributed by atoms with Crippen molar-refractivity contribution in [2.45, 2.75) is 26.3 Å². The van der Waals surface area contributed by atoms with Crippen molar-refractivity contribution in [2.24, 2.45) is 0 Å². The SMILES string of the molecule is CCNC(Cc1ccncc1)c1cccc(Cl)c1C. The summed E-state index contributed by atoms with van der Waals surface area (Å²) in [6.45, 7) is 5.13. The van der Waals surface area contributed by atoms with Gasteiger partial charge < -0.3 is 5.32 Å². The van der Waals surface area contributed by atoms with Crippen molar-refractivity contribution in [1.29, 1.82) is 0 Å². The zero-order valence-electron chi connectivity index (χ0n) is 11.4. The second kappa shape index (κ2) is 6.69. The lowest BCUT2D eigenvalue weighted by molar-refractivity contribution is 0.547. The molecule has 1 unspecified atom stereocenters. The molecule has 0 aliphatic rings. The van der Waals surface area contributed by atoms with Gasteiger partial charge in [-0.1, -0.05) is 30.7 Å². The van der Waals surface area contributed by atoms with Crippen LogP contribution in [0.4, 0.5) is 0 Å². The summed E-state index contributed by atoms with van der Waals surface area (Å²) in [4.78, 5) is 4.06. The van der Waals surface area contributed by atoms with Crippen LogP contribution in [0.3, 0.4) is 0 Å². The first-order valence-corrected chi connectivity index (χ1v) is 6.97. The Morgan fingerprint density at radius 3 is 2.63 bits per heavy atom. The van der Waals surface area contributed by atoms with Crippen molar-refractivity contribution in [3.63, 3.8) is 0 Å². The number of aromatic nitrogens is 1. The van der Waals surface area contributed by atoms with Crippen LogP contribution in [-0.2, 0) is 6.42 Å². The monoisotopic (exact) mass is 274 g/mol.